The minimum absolute atomic E-state index is 0.145. The molecule has 13 nitrogen and oxygen atoms in total. The third kappa shape index (κ3) is 5.91. The second kappa shape index (κ2) is 10.7. The Bertz CT molecular complexity index is 1300. The number of fused-ring (bicyclic) bond motifs is 1. The first kappa shape index (κ1) is 27.0. The third-order valence-electron chi connectivity index (χ3n) is 5.68. The molecule has 1 aliphatic heterocycles. The number of carbonyl (C=O) groups excluding carboxylic acids is 1. The van der Waals surface area contributed by atoms with Crippen molar-refractivity contribution in [3.63, 3.8) is 0 Å². The number of rotatable bonds is 10. The molecule has 1 aromatic carbocycles. The summed E-state index contributed by atoms with van der Waals surface area (Å²) >= 11 is 0. The highest BCUT2D eigenvalue weighted by molar-refractivity contribution is 7.52. The van der Waals surface area contributed by atoms with Gasteiger partial charge in [0.1, 0.15) is 41.1 Å². The zero-order valence-electron chi connectivity index (χ0n) is 21.0. The number of anilines is 1. The standard InChI is InChI=1S/C23H31N6O7P/c1-5-33-22(31)23(3,4)28-37(32,35-15-9-7-6-8-10-15)36-16-11-18(34-17(16)12-30)29-13-25-19-20(24)26-14(2)27-21(19)29/h6-10,13,16-18,30H,5,11-12H2,1-4H3,(H,28,32)(H2,24,26,27)/t16-,17-,18-,37?/m1/s1. The van der Waals surface area contributed by atoms with Crippen molar-refractivity contribution < 1.29 is 33.0 Å². The topological polar surface area (TPSA) is 173 Å². The molecule has 1 saturated heterocycles. The Labute approximate surface area is 213 Å². The lowest BCUT2D eigenvalue weighted by Gasteiger charge is -2.31. The Hall–Kier alpha value is -3.09. The summed E-state index contributed by atoms with van der Waals surface area (Å²) in [6.45, 7) is 6.13. The van der Waals surface area contributed by atoms with E-state index >= 15 is 0 Å². The summed E-state index contributed by atoms with van der Waals surface area (Å²) in [5.41, 5.74) is 5.43. The lowest BCUT2D eigenvalue weighted by atomic mass is 10.1. The van der Waals surface area contributed by atoms with E-state index in [0.717, 1.165) is 0 Å². The van der Waals surface area contributed by atoms with Crippen molar-refractivity contribution in [2.24, 2.45) is 0 Å². The van der Waals surface area contributed by atoms with E-state index in [2.05, 4.69) is 20.0 Å². The highest BCUT2D eigenvalue weighted by Gasteiger charge is 2.46. The lowest BCUT2D eigenvalue weighted by molar-refractivity contribution is -0.149. The first-order chi connectivity index (χ1) is 17.5. The van der Waals surface area contributed by atoms with Crippen LogP contribution in [0.1, 0.15) is 39.2 Å². The van der Waals surface area contributed by atoms with Gasteiger partial charge in [-0.3, -0.25) is 13.9 Å². The maximum absolute atomic E-state index is 14.1. The molecule has 1 unspecified atom stereocenters. The molecular weight excluding hydrogens is 503 g/mol. The molecule has 37 heavy (non-hydrogen) atoms. The predicted molar refractivity (Wildman–Crippen MR) is 133 cm³/mol. The number of ether oxygens (including phenoxy) is 2. The molecule has 0 saturated carbocycles. The number of nitrogens with one attached hydrogen (secondary N) is 1. The molecule has 4 atom stereocenters. The van der Waals surface area contributed by atoms with Crippen molar-refractivity contribution in [2.45, 2.75) is 58.1 Å². The minimum atomic E-state index is -4.22. The van der Waals surface area contributed by atoms with Crippen LogP contribution in [0.25, 0.3) is 11.2 Å². The molecule has 14 heteroatoms. The molecule has 0 radical (unpaired) electrons. The number of esters is 1. The van der Waals surface area contributed by atoms with Crippen LogP contribution >= 0.6 is 7.75 Å². The van der Waals surface area contributed by atoms with Crippen LogP contribution in [0.15, 0.2) is 36.7 Å². The van der Waals surface area contributed by atoms with E-state index in [4.69, 9.17) is 24.3 Å². The molecule has 1 aliphatic rings. The number of aliphatic hydroxyl groups is 1. The second-order valence-electron chi connectivity index (χ2n) is 9.03. The lowest BCUT2D eigenvalue weighted by Crippen LogP contribution is -2.47. The molecule has 1 fully saturated rings. The predicted octanol–water partition coefficient (Wildman–Crippen LogP) is 2.50. The molecule has 4 N–H and O–H groups in total. The number of hydrogen-bond donors (Lipinski definition) is 3. The van der Waals surface area contributed by atoms with Crippen LogP contribution in [0.4, 0.5) is 5.82 Å². The van der Waals surface area contributed by atoms with Crippen LogP contribution in [0.3, 0.4) is 0 Å². The van der Waals surface area contributed by atoms with Crippen LogP contribution in [0.5, 0.6) is 5.75 Å². The van der Waals surface area contributed by atoms with Gasteiger partial charge in [-0.05, 0) is 39.8 Å². The quantitative estimate of drug-likeness (QED) is 0.257. The van der Waals surface area contributed by atoms with Gasteiger partial charge in [-0.25, -0.2) is 19.5 Å². The van der Waals surface area contributed by atoms with Crippen LogP contribution in [0.2, 0.25) is 0 Å². The summed E-state index contributed by atoms with van der Waals surface area (Å²) in [7, 11) is -4.22. The van der Waals surface area contributed by atoms with Gasteiger partial charge < -0.3 is 24.8 Å². The van der Waals surface area contributed by atoms with Gasteiger partial charge in [0.25, 0.3) is 0 Å². The smallest absolute Gasteiger partial charge is 0.460 e. The van der Waals surface area contributed by atoms with E-state index in [1.165, 1.54) is 20.2 Å². The highest BCUT2D eigenvalue weighted by Crippen LogP contribution is 2.50. The van der Waals surface area contributed by atoms with Crippen molar-refractivity contribution in [3.05, 3.63) is 42.5 Å². The van der Waals surface area contributed by atoms with Gasteiger partial charge in [-0.1, -0.05) is 18.2 Å². The molecule has 2 aromatic heterocycles. The molecule has 3 heterocycles. The number of para-hydroxylation sites is 1. The number of benzene rings is 1. The zero-order chi connectivity index (χ0) is 26.8. The Morgan fingerprint density at radius 2 is 2.05 bits per heavy atom. The van der Waals surface area contributed by atoms with Crippen molar-refractivity contribution in [1.29, 1.82) is 0 Å². The van der Waals surface area contributed by atoms with Gasteiger partial charge in [-0.15, -0.1) is 0 Å². The Morgan fingerprint density at radius 3 is 2.73 bits per heavy atom. The number of aromatic nitrogens is 4. The van der Waals surface area contributed by atoms with Crippen LogP contribution < -0.4 is 15.3 Å². The summed E-state index contributed by atoms with van der Waals surface area (Å²) in [6.07, 6.45) is -0.720. The maximum Gasteiger partial charge on any atom is 0.460 e. The summed E-state index contributed by atoms with van der Waals surface area (Å²) in [5, 5.41) is 12.7. The molecule has 0 amide bonds. The van der Waals surface area contributed by atoms with Gasteiger partial charge in [0.15, 0.2) is 11.5 Å². The molecule has 0 spiro atoms. The number of aliphatic hydroxyl groups excluding tert-OH is 1. The fourth-order valence-corrected chi connectivity index (χ4v) is 5.87. The minimum Gasteiger partial charge on any atom is -0.465 e. The number of aryl methyl sites for hydroxylation is 1. The van der Waals surface area contributed by atoms with Crippen molar-refractivity contribution in [3.8, 4) is 5.75 Å². The third-order valence-corrected chi connectivity index (χ3v) is 7.51. The van der Waals surface area contributed by atoms with Gasteiger partial charge in [0.05, 0.1) is 19.5 Å². The summed E-state index contributed by atoms with van der Waals surface area (Å²) < 4.78 is 38.6. The van der Waals surface area contributed by atoms with Gasteiger partial charge in [-0.2, -0.15) is 5.09 Å². The van der Waals surface area contributed by atoms with Crippen molar-refractivity contribution in [2.75, 3.05) is 18.9 Å². The SMILES string of the molecule is CCOC(=O)C(C)(C)NP(=O)(Oc1ccccc1)O[C@@H]1C[C@H](n2cnc3c(N)nc(C)nc32)O[C@@H]1CO. The molecule has 200 valence electrons. The van der Waals surface area contributed by atoms with Crippen LogP contribution in [-0.2, 0) is 23.4 Å². The fourth-order valence-electron chi connectivity index (χ4n) is 3.98. The van der Waals surface area contributed by atoms with E-state index in [1.807, 2.05) is 0 Å². The average molecular weight is 535 g/mol. The van der Waals surface area contributed by atoms with Gasteiger partial charge in [0, 0.05) is 6.42 Å². The van der Waals surface area contributed by atoms with Gasteiger partial charge >= 0.3 is 13.7 Å². The fraction of sp³-hybridized carbons (Fsp3) is 0.478. The van der Waals surface area contributed by atoms with Crippen LogP contribution in [0, 0.1) is 6.92 Å². The Kier molecular flexibility index (Phi) is 7.81. The van der Waals surface area contributed by atoms with Crippen LogP contribution in [-0.4, -0.2) is 61.6 Å². The molecule has 0 bridgehead atoms. The van der Waals surface area contributed by atoms with E-state index in [-0.39, 0.29) is 24.6 Å². The van der Waals surface area contributed by atoms with Crippen molar-refractivity contribution >= 4 is 30.7 Å². The summed E-state index contributed by atoms with van der Waals surface area (Å²) in [5.74, 6) is 0.323. The van der Waals surface area contributed by atoms with E-state index < -0.39 is 44.3 Å². The monoisotopic (exact) mass is 534 g/mol. The number of nitrogens with two attached hydrogens (primary N) is 1. The average Bonchev–Trinajstić information content (AvgIpc) is 3.43. The molecule has 0 aliphatic carbocycles. The normalized spacial score (nSPS) is 21.6. The summed E-state index contributed by atoms with van der Waals surface area (Å²) in [6, 6.07) is 8.41. The number of hydrogen-bond acceptors (Lipinski definition) is 11. The van der Waals surface area contributed by atoms with E-state index in [1.54, 1.807) is 48.7 Å². The Morgan fingerprint density at radius 1 is 1.32 bits per heavy atom. The first-order valence-electron chi connectivity index (χ1n) is 11.8. The number of imidazole rings is 1. The van der Waals surface area contributed by atoms with Gasteiger partial charge in [0.2, 0.25) is 0 Å². The second-order valence-corrected chi connectivity index (χ2v) is 10.6. The number of carbonyl (C=O) groups is 1. The molecule has 4 rings (SSSR count). The number of nitrogens with zero attached hydrogens (tertiary/aromatic N) is 4. The maximum atomic E-state index is 14.1. The van der Waals surface area contributed by atoms with E-state index in [0.29, 0.717) is 17.0 Å². The zero-order valence-corrected chi connectivity index (χ0v) is 21.9. The highest BCUT2D eigenvalue weighted by atomic mass is 31.2. The Balaban J connectivity index is 1.62. The van der Waals surface area contributed by atoms with Crippen molar-refractivity contribution in [1.82, 2.24) is 24.6 Å². The number of nitrogen functional groups attached to an aromatic ring is 1. The summed E-state index contributed by atoms with van der Waals surface area (Å²) in [4.78, 5) is 25.3. The molecular formula is C23H31N6O7P. The first-order valence-corrected chi connectivity index (χ1v) is 13.3. The largest absolute Gasteiger partial charge is 0.465 e. The van der Waals surface area contributed by atoms with E-state index in [9.17, 15) is 14.5 Å². The molecule has 3 aromatic rings.